The first kappa shape index (κ1) is 18.6. The third kappa shape index (κ3) is 3.85. The molecule has 0 saturated carbocycles. The highest BCUT2D eigenvalue weighted by atomic mass is 16.5. The number of ether oxygens (including phenoxy) is 2. The van der Waals surface area contributed by atoms with Gasteiger partial charge >= 0.3 is 0 Å². The molecule has 0 fully saturated rings. The average Bonchev–Trinajstić information content (AvgIpc) is 2.60. The molecule has 0 bridgehead atoms. The number of hydrogen-bond donors (Lipinski definition) is 2. The highest BCUT2D eigenvalue weighted by Crippen LogP contribution is 2.38. The number of benzene rings is 1. The normalized spacial score (nSPS) is 9.81. The van der Waals surface area contributed by atoms with Gasteiger partial charge in [-0.1, -0.05) is 12.0 Å². The summed E-state index contributed by atoms with van der Waals surface area (Å²) in [6.07, 6.45) is 7.53. The number of nitrogen functional groups attached to an aromatic ring is 2. The van der Waals surface area contributed by atoms with Crippen molar-refractivity contribution < 1.29 is 9.47 Å². The van der Waals surface area contributed by atoms with Gasteiger partial charge in [0.05, 0.1) is 12.3 Å². The van der Waals surface area contributed by atoms with Gasteiger partial charge in [0, 0.05) is 11.1 Å². The number of nitrogens with two attached hydrogens (primary N) is 2. The molecule has 2 rings (SSSR count). The van der Waals surface area contributed by atoms with Crippen molar-refractivity contribution in [3.63, 3.8) is 0 Å². The van der Waals surface area contributed by atoms with Crippen LogP contribution in [0.15, 0.2) is 24.8 Å². The van der Waals surface area contributed by atoms with Crippen LogP contribution in [0, 0.1) is 23.7 Å². The molecule has 132 valence electrons. The summed E-state index contributed by atoms with van der Waals surface area (Å²) < 4.78 is 11.4. The number of terminal acetylenes is 1. The minimum atomic E-state index is -0.0209. The van der Waals surface area contributed by atoms with E-state index >= 15 is 0 Å². The molecule has 0 aliphatic carbocycles. The van der Waals surface area contributed by atoms with E-state index in [9.17, 15) is 5.26 Å². The molecule has 0 unspecified atom stereocenters. The maximum absolute atomic E-state index is 9.42. The van der Waals surface area contributed by atoms with Crippen LogP contribution >= 0.6 is 0 Å². The summed E-state index contributed by atoms with van der Waals surface area (Å²) in [4.78, 5) is 8.01. The molecule has 2 aromatic rings. The number of aromatic nitrogens is 2. The molecule has 0 amide bonds. The van der Waals surface area contributed by atoms with Crippen molar-refractivity contribution in [1.82, 2.24) is 9.97 Å². The number of rotatable bonds is 7. The Labute approximate surface area is 152 Å². The summed E-state index contributed by atoms with van der Waals surface area (Å²) >= 11 is 0. The molecule has 0 aliphatic rings. The zero-order valence-corrected chi connectivity index (χ0v) is 14.5. The van der Waals surface area contributed by atoms with Crippen LogP contribution < -0.4 is 20.9 Å². The number of nitrogens with zero attached hydrogens (tertiary/aromatic N) is 3. The van der Waals surface area contributed by atoms with Crippen molar-refractivity contribution in [2.75, 3.05) is 24.7 Å². The van der Waals surface area contributed by atoms with Gasteiger partial charge in [0.15, 0.2) is 11.5 Å². The number of nitriles is 1. The second kappa shape index (κ2) is 8.41. The van der Waals surface area contributed by atoms with Gasteiger partial charge in [-0.3, -0.25) is 0 Å². The zero-order chi connectivity index (χ0) is 19.1. The third-order valence-electron chi connectivity index (χ3n) is 3.44. The Kier molecular flexibility index (Phi) is 6.02. The molecule has 7 heteroatoms. The van der Waals surface area contributed by atoms with Crippen molar-refractivity contribution in [1.29, 1.82) is 5.26 Å². The Hall–Kier alpha value is -3.71. The van der Waals surface area contributed by atoms with E-state index in [1.54, 1.807) is 12.1 Å². The van der Waals surface area contributed by atoms with E-state index in [0.717, 1.165) is 5.56 Å². The average molecular weight is 349 g/mol. The zero-order valence-electron chi connectivity index (χ0n) is 14.5. The van der Waals surface area contributed by atoms with Crippen LogP contribution in [0.4, 0.5) is 11.8 Å². The van der Waals surface area contributed by atoms with Crippen molar-refractivity contribution >= 4 is 11.8 Å². The number of hydrogen-bond acceptors (Lipinski definition) is 7. The molecule has 0 aliphatic heterocycles. The molecule has 1 aromatic heterocycles. The van der Waals surface area contributed by atoms with Crippen LogP contribution in [-0.4, -0.2) is 23.2 Å². The Balaban J connectivity index is 2.73. The monoisotopic (exact) mass is 349 g/mol. The van der Waals surface area contributed by atoms with E-state index in [1.165, 1.54) is 0 Å². The Morgan fingerprint density at radius 3 is 2.69 bits per heavy atom. The number of anilines is 2. The van der Waals surface area contributed by atoms with Crippen molar-refractivity contribution in [3.05, 3.63) is 35.9 Å². The predicted octanol–water partition coefficient (Wildman–Crippen LogP) is 2.32. The molecule has 7 nitrogen and oxygen atoms in total. The maximum atomic E-state index is 9.42. The van der Waals surface area contributed by atoms with Crippen LogP contribution in [0.2, 0.25) is 0 Å². The predicted molar refractivity (Wildman–Crippen MR) is 100 cm³/mol. The highest BCUT2D eigenvalue weighted by molar-refractivity contribution is 5.76. The highest BCUT2D eigenvalue weighted by Gasteiger charge is 2.19. The lowest BCUT2D eigenvalue weighted by molar-refractivity contribution is 0.297. The molecule has 0 saturated heterocycles. The molecular weight excluding hydrogens is 330 g/mol. The molecule has 4 N–H and O–H groups in total. The molecule has 0 radical (unpaired) electrons. The first-order chi connectivity index (χ1) is 12.5. The van der Waals surface area contributed by atoms with E-state index in [1.807, 2.05) is 19.1 Å². The van der Waals surface area contributed by atoms with Gasteiger partial charge in [-0.25, -0.2) is 4.98 Å². The van der Waals surface area contributed by atoms with Crippen LogP contribution in [0.25, 0.3) is 11.3 Å². The fourth-order valence-electron chi connectivity index (χ4n) is 2.46. The quantitative estimate of drug-likeness (QED) is 0.581. The summed E-state index contributed by atoms with van der Waals surface area (Å²) in [5.74, 6) is 3.45. The first-order valence-corrected chi connectivity index (χ1v) is 7.86. The topological polar surface area (TPSA) is 120 Å². The largest absolute Gasteiger partial charge is 0.490 e. The smallest absolute Gasteiger partial charge is 0.222 e. The summed E-state index contributed by atoms with van der Waals surface area (Å²) in [6.45, 7) is 6.13. The maximum Gasteiger partial charge on any atom is 0.222 e. The van der Waals surface area contributed by atoms with Crippen molar-refractivity contribution in [2.24, 2.45) is 0 Å². The van der Waals surface area contributed by atoms with E-state index in [-0.39, 0.29) is 23.9 Å². The molecule has 0 spiro atoms. The van der Waals surface area contributed by atoms with Gasteiger partial charge in [-0.15, -0.1) is 13.0 Å². The Bertz CT molecular complexity index is 910. The SMILES string of the molecule is C#CCOc1c(CC=C)cc(-c2nc(N)nc(N)c2C#N)cc1OCC. The minimum Gasteiger partial charge on any atom is -0.490 e. The molecule has 1 heterocycles. The van der Waals surface area contributed by atoms with Crippen LogP contribution in [0.5, 0.6) is 11.5 Å². The minimum absolute atomic E-state index is 0.0193. The van der Waals surface area contributed by atoms with Crippen LogP contribution in [0.1, 0.15) is 18.1 Å². The lowest BCUT2D eigenvalue weighted by Gasteiger charge is -2.17. The summed E-state index contributed by atoms with van der Waals surface area (Å²) in [5.41, 5.74) is 13.4. The van der Waals surface area contributed by atoms with Gasteiger partial charge in [0.1, 0.15) is 24.1 Å². The first-order valence-electron chi connectivity index (χ1n) is 7.86. The van der Waals surface area contributed by atoms with E-state index in [0.29, 0.717) is 35.8 Å². The van der Waals surface area contributed by atoms with Crippen molar-refractivity contribution in [2.45, 2.75) is 13.3 Å². The molecule has 1 aromatic carbocycles. The Morgan fingerprint density at radius 1 is 1.31 bits per heavy atom. The fourth-order valence-corrected chi connectivity index (χ4v) is 2.46. The molecular formula is C19H19N5O2. The molecule has 0 atom stereocenters. The summed E-state index contributed by atoms with van der Waals surface area (Å²) in [5, 5.41) is 9.42. The van der Waals surface area contributed by atoms with Gasteiger partial charge in [0.2, 0.25) is 5.95 Å². The Morgan fingerprint density at radius 2 is 2.08 bits per heavy atom. The van der Waals surface area contributed by atoms with E-state index < -0.39 is 0 Å². The lowest BCUT2D eigenvalue weighted by Crippen LogP contribution is -2.06. The van der Waals surface area contributed by atoms with Gasteiger partial charge in [-0.05, 0) is 25.5 Å². The standard InChI is InChI=1S/C19H19N5O2/c1-4-7-12-9-13(10-15(25-6-3)17(12)26-8-5-2)16-14(11-20)18(21)24-19(22)23-16/h2,4,9-10H,1,6-8H2,3H3,(H4,21,22,23,24). The summed E-state index contributed by atoms with van der Waals surface area (Å²) in [6, 6.07) is 5.55. The van der Waals surface area contributed by atoms with Crippen molar-refractivity contribution in [3.8, 4) is 41.2 Å². The van der Waals surface area contributed by atoms with Gasteiger partial charge in [0.25, 0.3) is 0 Å². The fraction of sp³-hybridized carbons (Fsp3) is 0.211. The lowest BCUT2D eigenvalue weighted by atomic mass is 10.0. The third-order valence-corrected chi connectivity index (χ3v) is 3.44. The van der Waals surface area contributed by atoms with Gasteiger partial charge < -0.3 is 20.9 Å². The number of allylic oxidation sites excluding steroid dienone is 1. The second-order valence-corrected chi connectivity index (χ2v) is 5.18. The second-order valence-electron chi connectivity index (χ2n) is 5.18. The summed E-state index contributed by atoms with van der Waals surface area (Å²) in [7, 11) is 0. The van der Waals surface area contributed by atoms with Gasteiger partial charge in [-0.2, -0.15) is 10.2 Å². The van der Waals surface area contributed by atoms with E-state index in [4.69, 9.17) is 27.4 Å². The van der Waals surface area contributed by atoms with Crippen LogP contribution in [-0.2, 0) is 6.42 Å². The van der Waals surface area contributed by atoms with E-state index in [2.05, 4.69) is 22.5 Å². The van der Waals surface area contributed by atoms with Crippen LogP contribution in [0.3, 0.4) is 0 Å². The molecule has 26 heavy (non-hydrogen) atoms.